The number of likely N-dealkylation sites (tertiary alicyclic amines) is 1. The van der Waals surface area contributed by atoms with E-state index in [-0.39, 0.29) is 18.3 Å². The number of benzene rings is 1. The molecular formula is C31H29N5O4. The summed E-state index contributed by atoms with van der Waals surface area (Å²) >= 11 is 0. The van der Waals surface area contributed by atoms with Gasteiger partial charge in [-0.25, -0.2) is 9.78 Å². The maximum atomic E-state index is 12.5. The highest BCUT2D eigenvalue weighted by Gasteiger charge is 2.45. The Morgan fingerprint density at radius 1 is 0.900 bits per heavy atom. The zero-order valence-electron chi connectivity index (χ0n) is 21.8. The van der Waals surface area contributed by atoms with Crippen molar-refractivity contribution in [2.75, 3.05) is 13.1 Å². The van der Waals surface area contributed by atoms with E-state index >= 15 is 0 Å². The van der Waals surface area contributed by atoms with Crippen LogP contribution in [0, 0.1) is 0 Å². The van der Waals surface area contributed by atoms with Gasteiger partial charge in [0.2, 0.25) is 5.88 Å². The lowest BCUT2D eigenvalue weighted by Crippen LogP contribution is -2.50. The number of aromatic amines is 1. The van der Waals surface area contributed by atoms with Crippen molar-refractivity contribution < 1.29 is 14.3 Å². The molecule has 6 heterocycles. The molecule has 2 aliphatic heterocycles. The molecule has 1 spiro atoms. The average molecular weight is 536 g/mol. The van der Waals surface area contributed by atoms with Crippen molar-refractivity contribution in [2.24, 2.45) is 0 Å². The standard InChI is InChI=1S/C22H21N3O3.C9H8N2O/c26-21(27-16-17-6-2-1-3-7-17)24-14-10-22(11-15-24)19-9-5-13-25(19)18-8-4-12-23-20(18)28-22;12-9-8(4-3-5-10-9)11-6-1-2-7-11/h1-9,12-13H,10-11,14-16H2;1-7H,(H,10,12). The summed E-state index contributed by atoms with van der Waals surface area (Å²) in [7, 11) is 0. The average Bonchev–Trinajstić information content (AvgIpc) is 3.72. The van der Waals surface area contributed by atoms with Crippen LogP contribution in [0.2, 0.25) is 0 Å². The second-order valence-corrected chi connectivity index (χ2v) is 9.69. The number of ether oxygens (including phenoxy) is 2. The lowest BCUT2D eigenvalue weighted by Gasteiger charge is -2.44. The fraction of sp³-hybridized carbons (Fsp3) is 0.194. The first-order chi connectivity index (χ1) is 19.6. The predicted octanol–water partition coefficient (Wildman–Crippen LogP) is 5.06. The Balaban J connectivity index is 0.000000201. The maximum Gasteiger partial charge on any atom is 0.410 e. The molecule has 7 rings (SSSR count). The Labute approximate surface area is 231 Å². The minimum Gasteiger partial charge on any atom is -0.463 e. The maximum absolute atomic E-state index is 12.5. The number of nitrogens with zero attached hydrogens (tertiary/aromatic N) is 4. The molecule has 1 N–H and O–H groups in total. The van der Waals surface area contributed by atoms with E-state index in [9.17, 15) is 9.59 Å². The van der Waals surface area contributed by atoms with Crippen LogP contribution in [0.25, 0.3) is 11.4 Å². The van der Waals surface area contributed by atoms with E-state index in [1.54, 1.807) is 34.0 Å². The largest absolute Gasteiger partial charge is 0.463 e. The number of piperidine rings is 1. The predicted molar refractivity (Wildman–Crippen MR) is 150 cm³/mol. The summed E-state index contributed by atoms with van der Waals surface area (Å²) in [6, 6.07) is 25.1. The SMILES string of the molecule is O=C(OCc1ccccc1)N1CCC2(CC1)Oc1ncccc1-n1cccc12.O=c1[nH]cccc1-n1cccc1. The third-order valence-corrected chi connectivity index (χ3v) is 7.23. The number of fused-ring (bicyclic) bond motifs is 4. The second kappa shape index (κ2) is 11.0. The zero-order valence-corrected chi connectivity index (χ0v) is 21.8. The molecule has 2 aliphatic rings. The Morgan fingerprint density at radius 3 is 2.45 bits per heavy atom. The first-order valence-electron chi connectivity index (χ1n) is 13.2. The second-order valence-electron chi connectivity index (χ2n) is 9.69. The van der Waals surface area contributed by atoms with Crippen LogP contribution in [0.3, 0.4) is 0 Å². The summed E-state index contributed by atoms with van der Waals surface area (Å²) in [5.41, 5.74) is 3.17. The third-order valence-electron chi connectivity index (χ3n) is 7.23. The van der Waals surface area contributed by atoms with Gasteiger partial charge in [0.25, 0.3) is 5.56 Å². The van der Waals surface area contributed by atoms with Gasteiger partial charge in [0.15, 0.2) is 5.60 Å². The molecule has 9 nitrogen and oxygen atoms in total. The van der Waals surface area contributed by atoms with Crippen LogP contribution in [0.5, 0.6) is 5.88 Å². The van der Waals surface area contributed by atoms with Gasteiger partial charge < -0.3 is 28.5 Å². The Bertz CT molecular complexity index is 1630. The topological polar surface area (TPSA) is 94.4 Å². The van der Waals surface area contributed by atoms with Gasteiger partial charge in [0.05, 0.1) is 5.69 Å². The molecule has 202 valence electrons. The molecule has 1 aromatic carbocycles. The van der Waals surface area contributed by atoms with Crippen molar-refractivity contribution in [1.29, 1.82) is 0 Å². The Morgan fingerprint density at radius 2 is 1.68 bits per heavy atom. The van der Waals surface area contributed by atoms with Crippen molar-refractivity contribution in [3.63, 3.8) is 0 Å². The van der Waals surface area contributed by atoms with Crippen LogP contribution in [-0.2, 0) is 16.9 Å². The molecule has 0 atom stereocenters. The van der Waals surface area contributed by atoms with Gasteiger partial charge >= 0.3 is 6.09 Å². The lowest BCUT2D eigenvalue weighted by molar-refractivity contribution is -0.0171. The number of rotatable bonds is 3. The normalized spacial score (nSPS) is 14.8. The quantitative estimate of drug-likeness (QED) is 0.349. The van der Waals surface area contributed by atoms with Gasteiger partial charge in [-0.3, -0.25) is 4.79 Å². The minimum atomic E-state index is -0.457. The first kappa shape index (κ1) is 25.2. The van der Waals surface area contributed by atoms with Crippen molar-refractivity contribution in [2.45, 2.75) is 25.0 Å². The number of nitrogens with one attached hydrogen (secondary N) is 1. The van der Waals surface area contributed by atoms with E-state index in [1.165, 1.54) is 0 Å². The highest BCUT2D eigenvalue weighted by atomic mass is 16.6. The highest BCUT2D eigenvalue weighted by molar-refractivity contribution is 5.68. The van der Waals surface area contributed by atoms with Gasteiger partial charge in [-0.15, -0.1) is 0 Å². The molecule has 1 amide bonds. The molecule has 0 radical (unpaired) electrons. The summed E-state index contributed by atoms with van der Waals surface area (Å²) in [4.78, 5) is 32.5. The minimum absolute atomic E-state index is 0.0753. The van der Waals surface area contributed by atoms with Crippen molar-refractivity contribution in [1.82, 2.24) is 24.0 Å². The Kier molecular flexibility index (Phi) is 6.93. The summed E-state index contributed by atoms with van der Waals surface area (Å²) in [5.74, 6) is 0.645. The molecule has 0 bridgehead atoms. The number of carbonyl (C=O) groups is 1. The van der Waals surface area contributed by atoms with Crippen LogP contribution in [0.4, 0.5) is 4.79 Å². The summed E-state index contributed by atoms with van der Waals surface area (Å²) < 4.78 is 15.8. The lowest BCUT2D eigenvalue weighted by atomic mass is 9.87. The molecular weight excluding hydrogens is 506 g/mol. The van der Waals surface area contributed by atoms with E-state index in [2.05, 4.69) is 20.6 Å². The summed E-state index contributed by atoms with van der Waals surface area (Å²) in [6.45, 7) is 1.46. The number of hydrogen-bond acceptors (Lipinski definition) is 5. The van der Waals surface area contributed by atoms with E-state index in [0.717, 1.165) is 16.9 Å². The fourth-order valence-electron chi connectivity index (χ4n) is 5.17. The zero-order chi connectivity index (χ0) is 27.4. The summed E-state index contributed by atoms with van der Waals surface area (Å²) in [6.07, 6.45) is 10.2. The number of carbonyl (C=O) groups excluding carboxylic acids is 1. The van der Waals surface area contributed by atoms with E-state index in [4.69, 9.17) is 9.47 Å². The number of amides is 1. The van der Waals surface area contributed by atoms with Crippen molar-refractivity contribution in [3.8, 4) is 17.3 Å². The van der Waals surface area contributed by atoms with Crippen molar-refractivity contribution >= 4 is 6.09 Å². The molecule has 40 heavy (non-hydrogen) atoms. The summed E-state index contributed by atoms with van der Waals surface area (Å²) in [5, 5.41) is 0. The molecule has 5 aromatic rings. The van der Waals surface area contributed by atoms with Gasteiger partial charge in [-0.05, 0) is 54.1 Å². The van der Waals surface area contributed by atoms with Gasteiger partial charge in [-0.1, -0.05) is 30.3 Å². The van der Waals surface area contributed by atoms with Gasteiger partial charge in [0.1, 0.15) is 18.0 Å². The van der Waals surface area contributed by atoms with Crippen LogP contribution >= 0.6 is 0 Å². The van der Waals surface area contributed by atoms with Gasteiger partial charge in [0, 0.05) is 56.9 Å². The van der Waals surface area contributed by atoms with Crippen LogP contribution in [0.15, 0.2) is 115 Å². The van der Waals surface area contributed by atoms with Crippen LogP contribution in [-0.4, -0.2) is 43.2 Å². The van der Waals surface area contributed by atoms with E-state index < -0.39 is 5.60 Å². The fourth-order valence-corrected chi connectivity index (χ4v) is 5.17. The van der Waals surface area contributed by atoms with E-state index in [1.807, 2.05) is 79.3 Å². The monoisotopic (exact) mass is 535 g/mol. The first-order valence-corrected chi connectivity index (χ1v) is 13.2. The highest BCUT2D eigenvalue weighted by Crippen LogP contribution is 2.44. The Hall–Kier alpha value is -5.05. The molecule has 1 fully saturated rings. The number of H-pyrrole nitrogens is 1. The number of aromatic nitrogens is 4. The van der Waals surface area contributed by atoms with Crippen molar-refractivity contribution in [3.05, 3.63) is 131 Å². The third kappa shape index (κ3) is 5.01. The smallest absolute Gasteiger partial charge is 0.410 e. The molecule has 0 unspecified atom stereocenters. The molecule has 0 aliphatic carbocycles. The number of pyridine rings is 2. The van der Waals surface area contributed by atoms with Crippen LogP contribution in [0.1, 0.15) is 24.1 Å². The molecule has 0 saturated carbocycles. The van der Waals surface area contributed by atoms with Crippen LogP contribution < -0.4 is 10.3 Å². The molecule has 4 aromatic heterocycles. The number of hydrogen-bond donors (Lipinski definition) is 1. The van der Waals surface area contributed by atoms with Gasteiger partial charge in [-0.2, -0.15) is 0 Å². The molecule has 1 saturated heterocycles. The van der Waals surface area contributed by atoms with E-state index in [0.29, 0.717) is 37.5 Å². The molecule has 9 heteroatoms.